The van der Waals surface area contributed by atoms with Crippen LogP contribution in [-0.4, -0.2) is 44.0 Å². The molecule has 3 unspecified atom stereocenters. The van der Waals surface area contributed by atoms with Gasteiger partial charge in [-0.1, -0.05) is 52.8 Å². The third-order valence-electron chi connectivity index (χ3n) is 5.64. The Labute approximate surface area is 201 Å². The Hall–Kier alpha value is -2.52. The molecule has 1 fully saturated rings. The zero-order valence-electron chi connectivity index (χ0n) is 21.4. The molecular formula is C27H43FN4O. The van der Waals surface area contributed by atoms with Gasteiger partial charge in [-0.25, -0.2) is 9.97 Å². The van der Waals surface area contributed by atoms with Gasteiger partial charge in [-0.3, -0.25) is 4.39 Å². The maximum Gasteiger partial charge on any atom is 0.224 e. The van der Waals surface area contributed by atoms with E-state index >= 15 is 0 Å². The van der Waals surface area contributed by atoms with Crippen LogP contribution in [0.5, 0.6) is 0 Å². The SMILES string of the molecule is C=C/C=C(C#N)\C=C/COCC1CC1C.CCc1cnc(N(C)CCC(C)CC)nc1.CF. The Bertz CT molecular complexity index is 739. The van der Waals surface area contributed by atoms with Crippen LogP contribution in [0.3, 0.4) is 0 Å². The number of ether oxygens (including phenoxy) is 1. The number of anilines is 1. The first-order chi connectivity index (χ1) is 15.9. The quantitative estimate of drug-likeness (QED) is 0.207. The fourth-order valence-corrected chi connectivity index (χ4v) is 2.80. The zero-order chi connectivity index (χ0) is 25.1. The van der Waals surface area contributed by atoms with Crippen LogP contribution >= 0.6 is 0 Å². The molecule has 1 aromatic rings. The predicted octanol–water partition coefficient (Wildman–Crippen LogP) is 6.35. The summed E-state index contributed by atoms with van der Waals surface area (Å²) in [4.78, 5) is 10.9. The van der Waals surface area contributed by atoms with Crippen LogP contribution in [0.2, 0.25) is 0 Å². The van der Waals surface area contributed by atoms with Crippen molar-refractivity contribution in [2.24, 2.45) is 17.8 Å². The number of nitrogens with zero attached hydrogens (tertiary/aromatic N) is 4. The van der Waals surface area contributed by atoms with Gasteiger partial charge in [0.15, 0.2) is 0 Å². The Kier molecular flexibility index (Phi) is 17.5. The van der Waals surface area contributed by atoms with E-state index < -0.39 is 0 Å². The molecule has 0 N–H and O–H groups in total. The van der Waals surface area contributed by atoms with E-state index in [0.717, 1.165) is 43.3 Å². The predicted molar refractivity (Wildman–Crippen MR) is 137 cm³/mol. The summed E-state index contributed by atoms with van der Waals surface area (Å²) >= 11 is 0. The van der Waals surface area contributed by atoms with Crippen molar-refractivity contribution in [1.29, 1.82) is 5.26 Å². The summed E-state index contributed by atoms with van der Waals surface area (Å²) in [6.07, 6.45) is 15.5. The summed E-state index contributed by atoms with van der Waals surface area (Å²) in [6, 6.07) is 2.07. The van der Waals surface area contributed by atoms with E-state index in [1.807, 2.05) is 18.5 Å². The van der Waals surface area contributed by atoms with Crippen LogP contribution in [0.15, 0.2) is 48.8 Å². The lowest BCUT2D eigenvalue weighted by Gasteiger charge is -2.18. The van der Waals surface area contributed by atoms with Crippen LogP contribution in [0.4, 0.5) is 10.3 Å². The van der Waals surface area contributed by atoms with Crippen LogP contribution in [0.1, 0.15) is 52.5 Å². The van der Waals surface area contributed by atoms with Gasteiger partial charge in [0.2, 0.25) is 5.95 Å². The first kappa shape index (κ1) is 30.5. The van der Waals surface area contributed by atoms with E-state index in [1.165, 1.54) is 24.8 Å². The Morgan fingerprint density at radius 1 is 1.36 bits per heavy atom. The van der Waals surface area contributed by atoms with Gasteiger partial charge >= 0.3 is 0 Å². The number of alkyl halides is 1. The summed E-state index contributed by atoms with van der Waals surface area (Å²) in [6.45, 7) is 14.9. The lowest BCUT2D eigenvalue weighted by Crippen LogP contribution is -2.22. The smallest absolute Gasteiger partial charge is 0.224 e. The summed E-state index contributed by atoms with van der Waals surface area (Å²) < 4.78 is 15.0. The van der Waals surface area contributed by atoms with Crippen LogP contribution in [0.25, 0.3) is 0 Å². The fourth-order valence-electron chi connectivity index (χ4n) is 2.80. The van der Waals surface area contributed by atoms with Gasteiger partial charge in [-0.15, -0.1) is 0 Å². The van der Waals surface area contributed by atoms with E-state index in [-0.39, 0.29) is 0 Å². The molecule has 0 radical (unpaired) electrons. The molecular weight excluding hydrogens is 415 g/mol. The monoisotopic (exact) mass is 458 g/mol. The van der Waals surface area contributed by atoms with Gasteiger partial charge in [0.05, 0.1) is 32.0 Å². The normalized spacial score (nSPS) is 17.7. The van der Waals surface area contributed by atoms with Crippen molar-refractivity contribution >= 4 is 5.95 Å². The molecule has 0 saturated heterocycles. The molecule has 5 nitrogen and oxygen atoms in total. The molecule has 0 spiro atoms. The molecule has 3 atom stereocenters. The summed E-state index contributed by atoms with van der Waals surface area (Å²) in [5.41, 5.74) is 1.80. The highest BCUT2D eigenvalue weighted by Crippen LogP contribution is 2.37. The number of nitriles is 1. The van der Waals surface area contributed by atoms with Gasteiger partial charge in [0, 0.05) is 26.0 Å². The molecule has 1 aliphatic rings. The van der Waals surface area contributed by atoms with Crippen molar-refractivity contribution in [2.75, 3.05) is 38.9 Å². The molecule has 6 heteroatoms. The van der Waals surface area contributed by atoms with E-state index in [2.05, 4.69) is 62.3 Å². The number of hydrogen-bond donors (Lipinski definition) is 0. The van der Waals surface area contributed by atoms with Crippen molar-refractivity contribution in [2.45, 2.75) is 53.4 Å². The van der Waals surface area contributed by atoms with Crippen molar-refractivity contribution in [1.82, 2.24) is 9.97 Å². The highest BCUT2D eigenvalue weighted by Gasteiger charge is 2.32. The molecule has 2 rings (SSSR count). The van der Waals surface area contributed by atoms with Crippen molar-refractivity contribution in [3.05, 3.63) is 54.4 Å². The van der Waals surface area contributed by atoms with Crippen molar-refractivity contribution in [3.8, 4) is 6.07 Å². The number of aromatic nitrogens is 2. The summed E-state index contributed by atoms with van der Waals surface area (Å²) in [5.74, 6) is 3.21. The summed E-state index contributed by atoms with van der Waals surface area (Å²) in [5, 5.41) is 8.69. The molecule has 0 amide bonds. The van der Waals surface area contributed by atoms with E-state index in [4.69, 9.17) is 10.00 Å². The summed E-state index contributed by atoms with van der Waals surface area (Å²) in [7, 11) is 2.56. The first-order valence-electron chi connectivity index (χ1n) is 11.8. The molecule has 184 valence electrons. The Morgan fingerprint density at radius 2 is 2.00 bits per heavy atom. The maximum atomic E-state index is 9.50. The highest BCUT2D eigenvalue weighted by molar-refractivity contribution is 5.35. The second-order valence-corrected chi connectivity index (χ2v) is 8.35. The lowest BCUT2D eigenvalue weighted by molar-refractivity contribution is 0.148. The maximum absolute atomic E-state index is 9.50. The van der Waals surface area contributed by atoms with Gasteiger partial charge in [0.1, 0.15) is 0 Å². The molecule has 0 aliphatic heterocycles. The van der Waals surface area contributed by atoms with Crippen LogP contribution < -0.4 is 4.90 Å². The standard InChI is InChI=1S/C13H23N3.C13H17NO.CH3F/c1-5-11(3)7-8-16(4)13-14-9-12(6-2)10-15-13;1-3-5-12(9-14)6-4-7-15-10-13-8-11(13)2;1-2/h9-11H,5-8H2,1-4H3;3-6,11,13H,1,7-8,10H2,2H3;1H3/b;6-4-,12-5+;. The Morgan fingerprint density at radius 3 is 2.48 bits per heavy atom. The van der Waals surface area contributed by atoms with E-state index in [0.29, 0.717) is 19.4 Å². The van der Waals surface area contributed by atoms with Crippen molar-refractivity contribution < 1.29 is 9.13 Å². The van der Waals surface area contributed by atoms with Crippen molar-refractivity contribution in [3.63, 3.8) is 0 Å². The second-order valence-electron chi connectivity index (χ2n) is 8.35. The minimum Gasteiger partial charge on any atom is -0.377 e. The average Bonchev–Trinajstić information content (AvgIpc) is 3.57. The van der Waals surface area contributed by atoms with Gasteiger partial charge in [-0.2, -0.15) is 5.26 Å². The average molecular weight is 459 g/mol. The van der Waals surface area contributed by atoms with E-state index in [1.54, 1.807) is 18.2 Å². The van der Waals surface area contributed by atoms with Gasteiger partial charge < -0.3 is 9.64 Å². The lowest BCUT2D eigenvalue weighted by atomic mass is 10.1. The number of allylic oxidation sites excluding steroid dienone is 4. The number of rotatable bonds is 12. The molecule has 1 saturated carbocycles. The fraction of sp³-hybridized carbons (Fsp3) is 0.593. The van der Waals surface area contributed by atoms with E-state index in [9.17, 15) is 4.39 Å². The third kappa shape index (κ3) is 14.3. The topological polar surface area (TPSA) is 62.0 Å². The van der Waals surface area contributed by atoms with Crippen LogP contribution in [-0.2, 0) is 11.2 Å². The number of aryl methyl sites for hydroxylation is 1. The molecule has 1 heterocycles. The van der Waals surface area contributed by atoms with Crippen LogP contribution in [0, 0.1) is 29.1 Å². The minimum atomic E-state index is 0.500. The van der Waals surface area contributed by atoms with Gasteiger partial charge in [0.25, 0.3) is 0 Å². The number of halogens is 1. The third-order valence-corrected chi connectivity index (χ3v) is 5.64. The number of hydrogen-bond acceptors (Lipinski definition) is 5. The highest BCUT2D eigenvalue weighted by atomic mass is 19.1. The Balaban J connectivity index is 0.000000578. The minimum absolute atomic E-state index is 0.500. The second kappa shape index (κ2) is 19.0. The molecule has 0 aromatic carbocycles. The molecule has 0 bridgehead atoms. The van der Waals surface area contributed by atoms with Gasteiger partial charge in [-0.05, 0) is 54.7 Å². The molecule has 33 heavy (non-hydrogen) atoms. The largest absolute Gasteiger partial charge is 0.377 e. The molecule has 1 aromatic heterocycles. The first-order valence-corrected chi connectivity index (χ1v) is 11.8. The zero-order valence-corrected chi connectivity index (χ0v) is 21.4. The molecule has 1 aliphatic carbocycles.